The van der Waals surface area contributed by atoms with E-state index >= 15 is 0 Å². The first-order valence-electron chi connectivity index (χ1n) is 15.4. The van der Waals surface area contributed by atoms with E-state index in [2.05, 4.69) is 39.3 Å². The van der Waals surface area contributed by atoms with Gasteiger partial charge < -0.3 is 20.5 Å². The van der Waals surface area contributed by atoms with Crippen LogP contribution in [0.4, 0.5) is 5.69 Å². The largest absolute Gasteiger partial charge is 0.358 e. The van der Waals surface area contributed by atoms with E-state index in [1.54, 1.807) is 17.5 Å². The number of aryl methyl sites for hydroxylation is 1. The molecule has 1 aliphatic heterocycles. The van der Waals surface area contributed by atoms with E-state index in [0.29, 0.717) is 56.6 Å². The van der Waals surface area contributed by atoms with Crippen LogP contribution in [-0.2, 0) is 4.79 Å². The van der Waals surface area contributed by atoms with Gasteiger partial charge in [-0.05, 0) is 50.7 Å². The lowest BCUT2D eigenvalue weighted by Gasteiger charge is -2.18. The molecule has 3 N–H and O–H groups in total. The number of likely N-dealkylation sites (N-methyl/N-ethyl adjacent to an activating group) is 1. The van der Waals surface area contributed by atoms with Crippen LogP contribution in [0, 0.1) is 13.8 Å². The lowest BCUT2D eigenvalue weighted by Crippen LogP contribution is -2.35. The number of rotatable bonds is 9. The Hall–Kier alpha value is -4.01. The van der Waals surface area contributed by atoms with Crippen molar-refractivity contribution in [2.45, 2.75) is 27.7 Å². The number of H-pyrrole nitrogens is 1. The Labute approximate surface area is 240 Å². The third kappa shape index (κ3) is 5.44. The molecule has 1 aliphatic rings. The molecule has 0 saturated heterocycles. The number of aromatic nitrogens is 2. The first-order chi connectivity index (χ1) is 21.0. The Bertz CT molecular complexity index is 1800. The second-order valence-corrected chi connectivity index (χ2v) is 10.1. The van der Waals surface area contributed by atoms with Crippen LogP contribution >= 0.6 is 11.3 Å². The summed E-state index contributed by atoms with van der Waals surface area (Å²) in [6, 6.07) is 3.55. The molecular weight excluding hydrogens is 506 g/mol. The SMILES string of the molecule is [2H]c1c([2H])c([2H])c(-c2nc(-c3ccc4c(c3)/C(=C/c3[nH]c(C)c(C(=O)NCCN(CC)CC)c3C)C(=O)N4)cs2)c([2H])c1[2H]. The molecule has 39 heavy (non-hydrogen) atoms. The van der Waals surface area contributed by atoms with E-state index in [0.717, 1.165) is 25.2 Å². The van der Waals surface area contributed by atoms with Crippen LogP contribution in [0.1, 0.15) is 53.6 Å². The van der Waals surface area contributed by atoms with Crippen molar-refractivity contribution < 1.29 is 16.4 Å². The third-order valence-electron chi connectivity index (χ3n) is 6.92. The van der Waals surface area contributed by atoms with Gasteiger partial charge in [-0.25, -0.2) is 4.98 Å². The van der Waals surface area contributed by atoms with Gasteiger partial charge in [0.15, 0.2) is 0 Å². The molecule has 5 rings (SSSR count). The lowest BCUT2D eigenvalue weighted by atomic mass is 10.0. The van der Waals surface area contributed by atoms with Gasteiger partial charge in [-0.15, -0.1) is 11.3 Å². The van der Waals surface area contributed by atoms with Crippen molar-refractivity contribution in [2.75, 3.05) is 31.5 Å². The topological polar surface area (TPSA) is 90.1 Å². The van der Waals surface area contributed by atoms with E-state index in [1.807, 2.05) is 26.0 Å². The van der Waals surface area contributed by atoms with Crippen molar-refractivity contribution in [3.63, 3.8) is 0 Å². The fourth-order valence-corrected chi connectivity index (χ4v) is 5.51. The molecule has 0 radical (unpaired) electrons. The maximum absolute atomic E-state index is 13.1. The van der Waals surface area contributed by atoms with Gasteiger partial charge in [-0.3, -0.25) is 9.59 Å². The molecule has 200 valence electrons. The number of nitrogens with one attached hydrogen (secondary N) is 3. The molecule has 0 bridgehead atoms. The van der Waals surface area contributed by atoms with Crippen molar-refractivity contribution in [1.82, 2.24) is 20.2 Å². The summed E-state index contributed by atoms with van der Waals surface area (Å²) < 4.78 is 40.4. The fraction of sp³-hybridized carbons (Fsp3) is 0.258. The molecule has 2 amide bonds. The summed E-state index contributed by atoms with van der Waals surface area (Å²) >= 11 is 1.18. The summed E-state index contributed by atoms with van der Waals surface area (Å²) in [4.78, 5) is 36.2. The van der Waals surface area contributed by atoms with E-state index in [9.17, 15) is 9.59 Å². The van der Waals surface area contributed by atoms with E-state index in [4.69, 9.17) is 6.85 Å². The average Bonchev–Trinajstić information content (AvgIpc) is 3.68. The Kier molecular flexibility index (Phi) is 6.10. The number of nitrogens with zero attached hydrogens (tertiary/aromatic N) is 2. The predicted molar refractivity (Wildman–Crippen MR) is 160 cm³/mol. The standard InChI is InChI=1S/C31H33N5O2S/c1-5-36(6-2)15-14-32-30(38)28-19(3)26(33-20(28)4)17-24-23-16-22(12-13-25(23)34-29(24)37)27-18-39-31(35-27)21-10-8-7-9-11-21/h7-13,16-18,33H,5-6,14-15H2,1-4H3,(H,32,38)(H,34,37)/b24-17-/i7D,8D,9D,10D,11D. The number of anilines is 1. The first-order valence-corrected chi connectivity index (χ1v) is 13.7. The predicted octanol–water partition coefficient (Wildman–Crippen LogP) is 5.99. The Morgan fingerprint density at radius 1 is 1.15 bits per heavy atom. The van der Waals surface area contributed by atoms with E-state index in [-0.39, 0.29) is 29.5 Å². The summed E-state index contributed by atoms with van der Waals surface area (Å²) in [6.45, 7) is 11.0. The lowest BCUT2D eigenvalue weighted by molar-refractivity contribution is -0.110. The van der Waals surface area contributed by atoms with Gasteiger partial charge in [0.25, 0.3) is 11.8 Å². The molecule has 3 heterocycles. The van der Waals surface area contributed by atoms with Gasteiger partial charge in [0.05, 0.1) is 23.7 Å². The number of hydrogen-bond acceptors (Lipinski definition) is 5. The van der Waals surface area contributed by atoms with Crippen LogP contribution in [0.15, 0.2) is 53.8 Å². The molecule has 0 unspecified atom stereocenters. The zero-order valence-electron chi connectivity index (χ0n) is 27.3. The number of aromatic amines is 1. The molecule has 2 aromatic heterocycles. The maximum Gasteiger partial charge on any atom is 0.256 e. The van der Waals surface area contributed by atoms with Crippen molar-refractivity contribution >= 4 is 40.5 Å². The molecule has 0 atom stereocenters. The number of hydrogen-bond donors (Lipinski definition) is 3. The van der Waals surface area contributed by atoms with Crippen LogP contribution in [0.25, 0.3) is 33.5 Å². The van der Waals surface area contributed by atoms with Crippen LogP contribution in [0.2, 0.25) is 0 Å². The van der Waals surface area contributed by atoms with E-state index < -0.39 is 18.1 Å². The highest BCUT2D eigenvalue weighted by atomic mass is 32.1. The second-order valence-electron chi connectivity index (χ2n) is 9.26. The molecule has 0 spiro atoms. The minimum absolute atomic E-state index is 0.0522. The quantitative estimate of drug-likeness (QED) is 0.226. The number of fused-ring (bicyclic) bond motifs is 1. The van der Waals surface area contributed by atoms with Crippen molar-refractivity contribution in [3.05, 3.63) is 81.9 Å². The molecule has 7 nitrogen and oxygen atoms in total. The smallest absolute Gasteiger partial charge is 0.256 e. The van der Waals surface area contributed by atoms with Crippen LogP contribution in [0.5, 0.6) is 0 Å². The molecule has 4 aromatic rings. The first kappa shape index (κ1) is 20.9. The average molecular weight is 545 g/mol. The highest BCUT2D eigenvalue weighted by Crippen LogP contribution is 2.38. The number of benzene rings is 2. The van der Waals surface area contributed by atoms with Crippen LogP contribution in [-0.4, -0.2) is 52.9 Å². The monoisotopic (exact) mass is 544 g/mol. The molecule has 0 fully saturated rings. The maximum atomic E-state index is 13.1. The molecule has 2 aromatic carbocycles. The van der Waals surface area contributed by atoms with Crippen molar-refractivity contribution in [2.24, 2.45) is 0 Å². The molecule has 8 heteroatoms. The number of amides is 2. The number of thiazole rings is 1. The zero-order valence-corrected chi connectivity index (χ0v) is 23.2. The van der Waals surface area contributed by atoms with Gasteiger partial charge in [-0.2, -0.15) is 0 Å². The Balaban J connectivity index is 1.45. The summed E-state index contributed by atoms with van der Waals surface area (Å²) in [7, 11) is 0. The Morgan fingerprint density at radius 3 is 2.67 bits per heavy atom. The van der Waals surface area contributed by atoms with Gasteiger partial charge in [0.1, 0.15) is 5.01 Å². The van der Waals surface area contributed by atoms with Gasteiger partial charge >= 0.3 is 0 Å². The number of carbonyl (C=O) groups excluding carboxylic acids is 2. The van der Waals surface area contributed by atoms with Crippen LogP contribution < -0.4 is 10.6 Å². The van der Waals surface area contributed by atoms with Crippen LogP contribution in [0.3, 0.4) is 0 Å². The van der Waals surface area contributed by atoms with E-state index in [1.165, 1.54) is 11.3 Å². The molecule has 0 saturated carbocycles. The summed E-state index contributed by atoms with van der Waals surface area (Å²) in [5, 5.41) is 7.96. The minimum Gasteiger partial charge on any atom is -0.358 e. The third-order valence-corrected chi connectivity index (χ3v) is 7.78. The van der Waals surface area contributed by atoms with Gasteiger partial charge in [-0.1, -0.05) is 50.1 Å². The zero-order chi connectivity index (χ0) is 31.9. The van der Waals surface area contributed by atoms with Gasteiger partial charge in [0.2, 0.25) is 0 Å². The summed E-state index contributed by atoms with van der Waals surface area (Å²) in [5.74, 6) is -0.433. The fourth-order valence-electron chi connectivity index (χ4n) is 4.73. The van der Waals surface area contributed by atoms with Gasteiger partial charge in [0, 0.05) is 52.2 Å². The minimum atomic E-state index is -0.453. The molecule has 0 aliphatic carbocycles. The molecular formula is C31H33N5O2S. The highest BCUT2D eigenvalue weighted by Gasteiger charge is 2.26. The number of carbonyl (C=O) groups is 2. The van der Waals surface area contributed by atoms with Crippen molar-refractivity contribution in [3.8, 4) is 21.8 Å². The second kappa shape index (κ2) is 11.4. The summed E-state index contributed by atoms with van der Waals surface area (Å²) in [6.07, 6.45) is 1.75. The normalized spacial score (nSPS) is 15.5. The highest BCUT2D eigenvalue weighted by molar-refractivity contribution is 7.13. The Morgan fingerprint density at radius 2 is 1.92 bits per heavy atom. The summed E-state index contributed by atoms with van der Waals surface area (Å²) in [5.41, 5.74) is 5.73. The van der Waals surface area contributed by atoms with Crippen molar-refractivity contribution in [1.29, 1.82) is 0 Å².